The number of hydrogen-bond donors (Lipinski definition) is 0. The fraction of sp³-hybridized carbons (Fsp3) is 0.0714. The average Bonchev–Trinajstić information content (AvgIpc) is 2.37. The zero-order chi connectivity index (χ0) is 15.6. The van der Waals surface area contributed by atoms with E-state index in [9.17, 15) is 22.0 Å². The molecule has 0 saturated heterocycles. The van der Waals surface area contributed by atoms with Crippen molar-refractivity contribution in [2.24, 2.45) is 0 Å². The highest BCUT2D eigenvalue weighted by atomic mass is 35.5. The van der Waals surface area contributed by atoms with E-state index in [-0.39, 0.29) is 10.6 Å². The van der Waals surface area contributed by atoms with Crippen molar-refractivity contribution < 1.29 is 22.0 Å². The largest absolute Gasteiger partial charge is 0.293 e. The molecule has 2 aromatic carbocycles. The number of carbonyl (C=O) groups excluding carboxylic acids is 1. The van der Waals surface area contributed by atoms with Crippen molar-refractivity contribution in [3.63, 3.8) is 0 Å². The Morgan fingerprint density at radius 2 is 1.81 bits per heavy atom. The van der Waals surface area contributed by atoms with Crippen molar-refractivity contribution in [3.8, 4) is 0 Å². The Bertz CT molecular complexity index is 804. The van der Waals surface area contributed by atoms with Gasteiger partial charge in [-0.1, -0.05) is 23.7 Å². The molecule has 7 heteroatoms. The van der Waals surface area contributed by atoms with E-state index < -0.39 is 37.9 Å². The van der Waals surface area contributed by atoms with Crippen molar-refractivity contribution >= 4 is 27.2 Å². The van der Waals surface area contributed by atoms with Crippen molar-refractivity contribution in [1.82, 2.24) is 0 Å². The first kappa shape index (κ1) is 15.6. The molecule has 2 rings (SSSR count). The third-order valence-electron chi connectivity index (χ3n) is 2.70. The molecule has 0 amide bonds. The highest BCUT2D eigenvalue weighted by Crippen LogP contribution is 2.19. The van der Waals surface area contributed by atoms with Crippen LogP contribution in [-0.2, 0) is 9.84 Å². The van der Waals surface area contributed by atoms with E-state index in [2.05, 4.69) is 0 Å². The number of Topliss-reactive ketones (excluding diaryl/α,β-unsaturated/α-hetero) is 1. The van der Waals surface area contributed by atoms with Crippen LogP contribution in [0, 0.1) is 11.6 Å². The van der Waals surface area contributed by atoms with Gasteiger partial charge in [0.25, 0.3) is 0 Å². The van der Waals surface area contributed by atoms with E-state index in [1.54, 1.807) is 0 Å². The molecule has 0 aliphatic carbocycles. The molecule has 0 unspecified atom stereocenters. The molecule has 2 aromatic rings. The van der Waals surface area contributed by atoms with Gasteiger partial charge in [-0.15, -0.1) is 0 Å². The van der Waals surface area contributed by atoms with Crippen molar-refractivity contribution in [3.05, 3.63) is 64.7 Å². The summed E-state index contributed by atoms with van der Waals surface area (Å²) >= 11 is 5.72. The zero-order valence-corrected chi connectivity index (χ0v) is 12.1. The average molecular weight is 331 g/mol. The molecule has 0 N–H and O–H groups in total. The van der Waals surface area contributed by atoms with Crippen LogP contribution in [0.5, 0.6) is 0 Å². The van der Waals surface area contributed by atoms with E-state index in [0.29, 0.717) is 6.07 Å². The molecule has 0 atom stereocenters. The fourth-order valence-electron chi connectivity index (χ4n) is 1.72. The summed E-state index contributed by atoms with van der Waals surface area (Å²) in [6.45, 7) is 0. The van der Waals surface area contributed by atoms with Gasteiger partial charge in [0.05, 0.1) is 0 Å². The second-order valence-electron chi connectivity index (χ2n) is 4.27. The number of carbonyl (C=O) groups is 1. The van der Waals surface area contributed by atoms with Crippen LogP contribution < -0.4 is 0 Å². The van der Waals surface area contributed by atoms with Gasteiger partial charge in [-0.2, -0.15) is 0 Å². The smallest absolute Gasteiger partial charge is 0.188 e. The molecule has 110 valence electrons. The van der Waals surface area contributed by atoms with Gasteiger partial charge in [-0.25, -0.2) is 17.2 Å². The molecular weight excluding hydrogens is 322 g/mol. The molecule has 0 spiro atoms. The minimum absolute atomic E-state index is 0.105. The quantitative estimate of drug-likeness (QED) is 0.638. The van der Waals surface area contributed by atoms with Crippen molar-refractivity contribution in [1.29, 1.82) is 0 Å². The number of rotatable bonds is 4. The lowest BCUT2D eigenvalue weighted by Gasteiger charge is -2.06. The lowest BCUT2D eigenvalue weighted by atomic mass is 10.1. The number of benzene rings is 2. The van der Waals surface area contributed by atoms with E-state index in [0.717, 1.165) is 12.1 Å². The Morgan fingerprint density at radius 1 is 1.10 bits per heavy atom. The zero-order valence-electron chi connectivity index (χ0n) is 10.5. The first-order valence-corrected chi connectivity index (χ1v) is 7.79. The second-order valence-corrected chi connectivity index (χ2v) is 6.66. The van der Waals surface area contributed by atoms with Crippen molar-refractivity contribution in [2.45, 2.75) is 4.90 Å². The highest BCUT2D eigenvalue weighted by Gasteiger charge is 2.24. The minimum atomic E-state index is -4.20. The molecule has 21 heavy (non-hydrogen) atoms. The highest BCUT2D eigenvalue weighted by molar-refractivity contribution is 7.92. The van der Waals surface area contributed by atoms with Crippen LogP contribution >= 0.6 is 11.6 Å². The third-order valence-corrected chi connectivity index (χ3v) is 4.58. The summed E-state index contributed by atoms with van der Waals surface area (Å²) in [4.78, 5) is 11.2. The Labute approximate surface area is 125 Å². The summed E-state index contributed by atoms with van der Waals surface area (Å²) < 4.78 is 50.3. The topological polar surface area (TPSA) is 51.2 Å². The SMILES string of the molecule is O=C(CS(=O)(=O)c1ccc(F)cc1F)c1cccc(Cl)c1. The van der Waals surface area contributed by atoms with E-state index in [1.807, 2.05) is 0 Å². The number of hydrogen-bond acceptors (Lipinski definition) is 3. The van der Waals surface area contributed by atoms with Gasteiger partial charge in [-0.3, -0.25) is 4.79 Å². The van der Waals surface area contributed by atoms with Crippen LogP contribution in [0.1, 0.15) is 10.4 Å². The maximum atomic E-state index is 13.5. The summed E-state index contributed by atoms with van der Waals surface area (Å²) in [7, 11) is -4.20. The maximum absolute atomic E-state index is 13.5. The second kappa shape index (κ2) is 5.91. The minimum Gasteiger partial charge on any atom is -0.293 e. The molecule has 0 heterocycles. The van der Waals surface area contributed by atoms with Gasteiger partial charge in [-0.05, 0) is 24.3 Å². The van der Waals surface area contributed by atoms with Gasteiger partial charge >= 0.3 is 0 Å². The lowest BCUT2D eigenvalue weighted by Crippen LogP contribution is -2.17. The number of sulfone groups is 1. The van der Waals surface area contributed by atoms with Crippen molar-refractivity contribution in [2.75, 3.05) is 5.75 Å². The summed E-state index contributed by atoms with van der Waals surface area (Å²) in [5.74, 6) is -3.77. The van der Waals surface area contributed by atoms with Gasteiger partial charge in [0.15, 0.2) is 15.6 Å². The van der Waals surface area contributed by atoms with Gasteiger partial charge in [0.2, 0.25) is 0 Å². The third kappa shape index (κ3) is 3.65. The van der Waals surface area contributed by atoms with E-state index >= 15 is 0 Å². The molecule has 0 radical (unpaired) electrons. The van der Waals surface area contributed by atoms with Gasteiger partial charge < -0.3 is 0 Å². The summed E-state index contributed by atoms with van der Waals surface area (Å²) in [5.41, 5.74) is 0.105. The van der Waals surface area contributed by atoms with E-state index in [4.69, 9.17) is 11.6 Å². The normalized spacial score (nSPS) is 11.4. The molecule has 3 nitrogen and oxygen atoms in total. The predicted octanol–water partition coefficient (Wildman–Crippen LogP) is 3.27. The number of halogens is 3. The number of ketones is 1. The van der Waals surface area contributed by atoms with Crippen LogP contribution in [0.4, 0.5) is 8.78 Å². The molecule has 0 aliphatic heterocycles. The predicted molar refractivity (Wildman–Crippen MR) is 74.2 cm³/mol. The Kier molecular flexibility index (Phi) is 4.39. The molecule has 0 bridgehead atoms. The summed E-state index contributed by atoms with van der Waals surface area (Å²) in [6.07, 6.45) is 0. The first-order chi connectivity index (χ1) is 9.79. The van der Waals surface area contributed by atoms with Crippen LogP contribution in [0.15, 0.2) is 47.4 Å². The monoisotopic (exact) mass is 330 g/mol. The van der Waals surface area contributed by atoms with Crippen LogP contribution in [0.3, 0.4) is 0 Å². The molecule has 0 fully saturated rings. The van der Waals surface area contributed by atoms with E-state index in [1.165, 1.54) is 24.3 Å². The first-order valence-electron chi connectivity index (χ1n) is 5.76. The molecule has 0 saturated carbocycles. The molecule has 0 aromatic heterocycles. The molecular formula is C14H9ClF2O3S. The van der Waals surface area contributed by atoms with Crippen LogP contribution in [-0.4, -0.2) is 20.0 Å². The standard InChI is InChI=1S/C14H9ClF2O3S/c15-10-3-1-2-9(6-10)13(18)8-21(19,20)14-5-4-11(16)7-12(14)17/h1-7H,8H2. The maximum Gasteiger partial charge on any atom is 0.188 e. The van der Waals surface area contributed by atoms with Gasteiger partial charge in [0.1, 0.15) is 22.3 Å². The van der Waals surface area contributed by atoms with Gasteiger partial charge in [0, 0.05) is 16.7 Å². The van der Waals surface area contributed by atoms with Crippen LogP contribution in [0.2, 0.25) is 5.02 Å². The lowest BCUT2D eigenvalue weighted by molar-refractivity contribution is 0.102. The Morgan fingerprint density at radius 3 is 2.43 bits per heavy atom. The fourth-order valence-corrected chi connectivity index (χ4v) is 3.21. The Balaban J connectivity index is 2.31. The Hall–Kier alpha value is -1.79. The molecule has 0 aliphatic rings. The van der Waals surface area contributed by atoms with Crippen LogP contribution in [0.25, 0.3) is 0 Å². The summed E-state index contributed by atoms with van der Waals surface area (Å²) in [6, 6.07) is 7.83. The summed E-state index contributed by atoms with van der Waals surface area (Å²) in [5, 5.41) is 0.284.